The Hall–Kier alpha value is -3.42. The lowest BCUT2D eigenvalue weighted by Gasteiger charge is -2.18. The zero-order valence-electron chi connectivity index (χ0n) is 14.8. The second kappa shape index (κ2) is 7.22. The summed E-state index contributed by atoms with van der Waals surface area (Å²) in [4.78, 5) is 22.5. The molecule has 0 aliphatic rings. The number of amides is 1. The molecule has 2 aromatic heterocycles. The number of anilines is 2. The van der Waals surface area contributed by atoms with Crippen LogP contribution >= 0.6 is 0 Å². The number of nitrogens with zero attached hydrogens (tertiary/aromatic N) is 5. The van der Waals surface area contributed by atoms with Crippen molar-refractivity contribution in [1.29, 1.82) is 0 Å². The van der Waals surface area contributed by atoms with Crippen LogP contribution in [0, 0.1) is 6.92 Å². The molecule has 0 aliphatic carbocycles. The molecule has 0 atom stereocenters. The predicted octanol–water partition coefficient (Wildman–Crippen LogP) is 2.06. The summed E-state index contributed by atoms with van der Waals surface area (Å²) in [5.74, 6) is 0.499. The van der Waals surface area contributed by atoms with Crippen molar-refractivity contribution < 1.29 is 9.90 Å². The lowest BCUT2D eigenvalue weighted by molar-refractivity contribution is -0.119. The number of aryl methyl sites for hydroxylation is 1. The number of benzene rings is 1. The van der Waals surface area contributed by atoms with Gasteiger partial charge in [0.25, 0.3) is 0 Å². The van der Waals surface area contributed by atoms with Crippen molar-refractivity contribution in [2.24, 2.45) is 0 Å². The second-order valence-electron chi connectivity index (χ2n) is 5.92. The number of hydrogen-bond acceptors (Lipinski definition) is 6. The maximum Gasteiger partial charge on any atom is 0.248 e. The average Bonchev–Trinajstić information content (AvgIpc) is 3.08. The normalized spacial score (nSPS) is 10.6. The molecule has 0 radical (unpaired) electrons. The van der Waals surface area contributed by atoms with E-state index in [-0.39, 0.29) is 18.2 Å². The third-order valence-electron chi connectivity index (χ3n) is 3.91. The highest BCUT2D eigenvalue weighted by Gasteiger charge is 2.14. The zero-order valence-corrected chi connectivity index (χ0v) is 14.8. The van der Waals surface area contributed by atoms with E-state index in [1.54, 1.807) is 55.6 Å². The maximum absolute atomic E-state index is 12.5. The Morgan fingerprint density at radius 3 is 2.88 bits per heavy atom. The fourth-order valence-electron chi connectivity index (χ4n) is 2.55. The standard InChI is InChI=1S/C18H20N6O2/c1-12-6-14(8-15(25)7-12)23(3)17(26)11-24-10-13(9-21-24)16-4-5-20-18(19-2)22-16/h4-10,25H,11H2,1-3H3,(H,19,20,22). The summed E-state index contributed by atoms with van der Waals surface area (Å²) in [6, 6.07) is 6.82. The van der Waals surface area contributed by atoms with Crippen LogP contribution in [0.2, 0.25) is 0 Å². The van der Waals surface area contributed by atoms with E-state index in [4.69, 9.17) is 0 Å². The van der Waals surface area contributed by atoms with Crippen molar-refractivity contribution in [3.8, 4) is 17.0 Å². The number of likely N-dealkylation sites (N-methyl/N-ethyl adjacent to an activating group) is 1. The lowest BCUT2D eigenvalue weighted by atomic mass is 10.2. The molecular formula is C18H20N6O2. The molecule has 8 nitrogen and oxygen atoms in total. The molecule has 3 rings (SSSR count). The third-order valence-corrected chi connectivity index (χ3v) is 3.91. The average molecular weight is 352 g/mol. The predicted molar refractivity (Wildman–Crippen MR) is 99.1 cm³/mol. The Bertz CT molecular complexity index is 917. The molecule has 26 heavy (non-hydrogen) atoms. The monoisotopic (exact) mass is 352 g/mol. The highest BCUT2D eigenvalue weighted by molar-refractivity contribution is 5.93. The SMILES string of the molecule is CNc1nccc(-c2cnn(CC(=O)N(C)c3cc(C)cc(O)c3)c2)n1. The molecule has 0 unspecified atom stereocenters. The first kappa shape index (κ1) is 17.4. The van der Waals surface area contributed by atoms with Gasteiger partial charge >= 0.3 is 0 Å². The van der Waals surface area contributed by atoms with E-state index in [9.17, 15) is 9.90 Å². The van der Waals surface area contributed by atoms with Gasteiger partial charge in [-0.2, -0.15) is 5.10 Å². The minimum absolute atomic E-state index is 0.0785. The largest absolute Gasteiger partial charge is 0.508 e. The number of phenols is 1. The summed E-state index contributed by atoms with van der Waals surface area (Å²) in [5, 5.41) is 16.8. The number of nitrogens with one attached hydrogen (secondary N) is 1. The number of phenolic OH excluding ortho intramolecular Hbond substituents is 1. The summed E-state index contributed by atoms with van der Waals surface area (Å²) in [6.07, 6.45) is 5.09. The third kappa shape index (κ3) is 3.80. The Morgan fingerprint density at radius 2 is 2.15 bits per heavy atom. The van der Waals surface area contributed by atoms with E-state index in [2.05, 4.69) is 20.4 Å². The van der Waals surface area contributed by atoms with Crippen LogP contribution in [0.25, 0.3) is 11.3 Å². The minimum Gasteiger partial charge on any atom is -0.508 e. The van der Waals surface area contributed by atoms with Gasteiger partial charge in [-0.05, 0) is 30.7 Å². The Kier molecular flexibility index (Phi) is 4.83. The Labute approximate surface area is 151 Å². The molecule has 1 aromatic carbocycles. The van der Waals surface area contributed by atoms with E-state index in [1.165, 1.54) is 4.90 Å². The van der Waals surface area contributed by atoms with Crippen LogP contribution in [-0.4, -0.2) is 44.9 Å². The fraction of sp³-hybridized carbons (Fsp3) is 0.222. The topological polar surface area (TPSA) is 96.2 Å². The first-order chi connectivity index (χ1) is 12.5. The molecular weight excluding hydrogens is 332 g/mol. The van der Waals surface area contributed by atoms with E-state index < -0.39 is 0 Å². The summed E-state index contributed by atoms with van der Waals surface area (Å²) in [6.45, 7) is 1.94. The smallest absolute Gasteiger partial charge is 0.248 e. The van der Waals surface area contributed by atoms with Crippen molar-refractivity contribution in [3.05, 3.63) is 48.4 Å². The van der Waals surface area contributed by atoms with Crippen molar-refractivity contribution >= 4 is 17.5 Å². The van der Waals surface area contributed by atoms with Gasteiger partial charge in [0.15, 0.2) is 0 Å². The molecule has 1 amide bonds. The first-order valence-electron chi connectivity index (χ1n) is 8.07. The van der Waals surface area contributed by atoms with Gasteiger partial charge in [0.2, 0.25) is 11.9 Å². The van der Waals surface area contributed by atoms with Gasteiger partial charge in [-0.3, -0.25) is 9.48 Å². The molecule has 0 fully saturated rings. The zero-order chi connectivity index (χ0) is 18.7. The fourth-order valence-corrected chi connectivity index (χ4v) is 2.55. The summed E-state index contributed by atoms with van der Waals surface area (Å²) in [5.41, 5.74) is 3.03. The number of rotatable bonds is 5. The van der Waals surface area contributed by atoms with Gasteiger partial charge in [-0.1, -0.05) is 0 Å². The van der Waals surface area contributed by atoms with Gasteiger partial charge in [0.1, 0.15) is 12.3 Å². The Balaban J connectivity index is 1.74. The summed E-state index contributed by atoms with van der Waals surface area (Å²) in [7, 11) is 3.42. The van der Waals surface area contributed by atoms with Crippen LogP contribution in [-0.2, 0) is 11.3 Å². The van der Waals surface area contributed by atoms with Gasteiger partial charge in [-0.15, -0.1) is 0 Å². The van der Waals surface area contributed by atoms with Crippen LogP contribution in [0.4, 0.5) is 11.6 Å². The lowest BCUT2D eigenvalue weighted by Crippen LogP contribution is -2.30. The summed E-state index contributed by atoms with van der Waals surface area (Å²) >= 11 is 0. The van der Waals surface area contributed by atoms with E-state index in [1.807, 2.05) is 13.0 Å². The summed E-state index contributed by atoms with van der Waals surface area (Å²) < 4.78 is 1.56. The van der Waals surface area contributed by atoms with E-state index in [0.29, 0.717) is 11.6 Å². The molecule has 0 saturated carbocycles. The second-order valence-corrected chi connectivity index (χ2v) is 5.92. The first-order valence-corrected chi connectivity index (χ1v) is 8.07. The molecule has 2 N–H and O–H groups in total. The van der Waals surface area contributed by atoms with Gasteiger partial charge in [-0.25, -0.2) is 9.97 Å². The van der Waals surface area contributed by atoms with Gasteiger partial charge < -0.3 is 15.3 Å². The molecule has 0 saturated heterocycles. The molecule has 0 bridgehead atoms. The number of hydrogen-bond donors (Lipinski definition) is 2. The highest BCUT2D eigenvalue weighted by atomic mass is 16.3. The van der Waals surface area contributed by atoms with Gasteiger partial charge in [0, 0.05) is 43.8 Å². The van der Waals surface area contributed by atoms with Crippen LogP contribution in [0.15, 0.2) is 42.9 Å². The number of carbonyl (C=O) groups excluding carboxylic acids is 1. The maximum atomic E-state index is 12.5. The number of aromatic nitrogens is 4. The van der Waals surface area contributed by atoms with E-state index >= 15 is 0 Å². The molecule has 8 heteroatoms. The van der Waals surface area contributed by atoms with Crippen molar-refractivity contribution in [1.82, 2.24) is 19.7 Å². The molecule has 3 aromatic rings. The highest BCUT2D eigenvalue weighted by Crippen LogP contribution is 2.22. The molecule has 134 valence electrons. The van der Waals surface area contributed by atoms with Crippen LogP contribution in [0.1, 0.15) is 5.56 Å². The van der Waals surface area contributed by atoms with Crippen molar-refractivity contribution in [2.45, 2.75) is 13.5 Å². The molecule has 0 aliphatic heterocycles. The minimum atomic E-state index is -0.150. The number of aromatic hydroxyl groups is 1. The Morgan fingerprint density at radius 1 is 1.35 bits per heavy atom. The quantitative estimate of drug-likeness (QED) is 0.730. The van der Waals surface area contributed by atoms with Crippen LogP contribution in [0.3, 0.4) is 0 Å². The van der Waals surface area contributed by atoms with Crippen LogP contribution in [0.5, 0.6) is 5.75 Å². The number of carbonyl (C=O) groups is 1. The van der Waals surface area contributed by atoms with Crippen LogP contribution < -0.4 is 10.2 Å². The van der Waals surface area contributed by atoms with E-state index in [0.717, 1.165) is 16.8 Å². The van der Waals surface area contributed by atoms with Crippen molar-refractivity contribution in [2.75, 3.05) is 24.3 Å². The van der Waals surface area contributed by atoms with Gasteiger partial charge in [0.05, 0.1) is 11.9 Å². The molecule has 2 heterocycles. The molecule has 0 spiro atoms. The van der Waals surface area contributed by atoms with Crippen molar-refractivity contribution in [3.63, 3.8) is 0 Å².